The smallest absolute Gasteiger partial charge is 0.234 e. The lowest BCUT2D eigenvalue weighted by molar-refractivity contribution is -0.113. The van der Waals surface area contributed by atoms with E-state index in [0.29, 0.717) is 12.3 Å². The maximum atomic E-state index is 11.7. The van der Waals surface area contributed by atoms with E-state index >= 15 is 0 Å². The van der Waals surface area contributed by atoms with Crippen LogP contribution in [0.2, 0.25) is 0 Å². The van der Waals surface area contributed by atoms with Crippen LogP contribution in [0, 0.1) is 10.7 Å². The van der Waals surface area contributed by atoms with Crippen LogP contribution in [0.15, 0.2) is 12.1 Å². The van der Waals surface area contributed by atoms with E-state index in [4.69, 9.17) is 5.73 Å². The lowest BCUT2D eigenvalue weighted by Gasteiger charge is -2.10. The van der Waals surface area contributed by atoms with Gasteiger partial charge in [-0.15, -0.1) is 0 Å². The summed E-state index contributed by atoms with van der Waals surface area (Å²) in [6.07, 6.45) is 0. The summed E-state index contributed by atoms with van der Waals surface area (Å²) >= 11 is 8.30. The van der Waals surface area contributed by atoms with E-state index in [1.807, 2.05) is 12.1 Å². The summed E-state index contributed by atoms with van der Waals surface area (Å²) in [5, 5.41) is 2.95. The molecule has 0 aromatic heterocycles. The number of thioether (sulfide) groups is 1. The van der Waals surface area contributed by atoms with E-state index in [0.717, 1.165) is 18.6 Å². The van der Waals surface area contributed by atoms with Crippen LogP contribution in [0.25, 0.3) is 0 Å². The van der Waals surface area contributed by atoms with E-state index < -0.39 is 0 Å². The topological polar surface area (TPSA) is 55.1 Å². The molecule has 0 unspecified atom stereocenters. The fourth-order valence-corrected chi connectivity index (χ4v) is 5.51. The van der Waals surface area contributed by atoms with Gasteiger partial charge in [-0.25, -0.2) is 0 Å². The zero-order valence-electron chi connectivity index (χ0n) is 8.80. The summed E-state index contributed by atoms with van der Waals surface area (Å²) in [5.41, 5.74) is 6.28. The third-order valence-corrected chi connectivity index (χ3v) is 5.08. The Labute approximate surface area is 146 Å². The maximum absolute atomic E-state index is 11.7. The number of hydrogen-bond donors (Lipinski definition) is 2. The average Bonchev–Trinajstić information content (AvgIpc) is 2.24. The quantitative estimate of drug-likeness (QED) is 0.411. The highest BCUT2D eigenvalue weighted by Crippen LogP contribution is 2.27. The van der Waals surface area contributed by atoms with Gasteiger partial charge in [0.25, 0.3) is 0 Å². The molecule has 0 fully saturated rings. The molecule has 0 aliphatic carbocycles. The van der Waals surface area contributed by atoms with Gasteiger partial charge in [0.1, 0.15) is 0 Å². The van der Waals surface area contributed by atoms with Crippen LogP contribution < -0.4 is 11.1 Å². The van der Waals surface area contributed by atoms with Gasteiger partial charge in [-0.3, -0.25) is 4.79 Å². The molecule has 0 bridgehead atoms. The summed E-state index contributed by atoms with van der Waals surface area (Å²) < 4.78 is 3.30. The number of nitrogens with two attached hydrogens (primary N) is 1. The van der Waals surface area contributed by atoms with E-state index in [1.54, 1.807) is 11.8 Å². The van der Waals surface area contributed by atoms with Crippen molar-refractivity contribution in [3.8, 4) is 0 Å². The monoisotopic (exact) mass is 588 g/mol. The van der Waals surface area contributed by atoms with E-state index in [2.05, 4.69) is 73.1 Å². The summed E-state index contributed by atoms with van der Waals surface area (Å²) in [4.78, 5) is 11.7. The zero-order valence-corrected chi connectivity index (χ0v) is 16.1. The molecule has 0 saturated carbocycles. The number of benzene rings is 1. The predicted molar refractivity (Wildman–Crippen MR) is 99.6 cm³/mol. The Morgan fingerprint density at radius 2 is 1.88 bits per heavy atom. The van der Waals surface area contributed by atoms with Gasteiger partial charge in [-0.1, -0.05) is 0 Å². The van der Waals surface area contributed by atoms with Gasteiger partial charge in [0, 0.05) is 23.0 Å². The first-order valence-electron chi connectivity index (χ1n) is 4.76. The average molecular weight is 588 g/mol. The highest BCUT2D eigenvalue weighted by molar-refractivity contribution is 14.1. The van der Waals surface area contributed by atoms with E-state index in [-0.39, 0.29) is 5.91 Å². The van der Waals surface area contributed by atoms with Gasteiger partial charge >= 0.3 is 0 Å². The number of rotatable bonds is 5. The second-order valence-electron chi connectivity index (χ2n) is 3.13. The summed E-state index contributed by atoms with van der Waals surface area (Å²) in [6, 6.07) is 4.10. The first-order chi connectivity index (χ1) is 8.04. The molecule has 3 nitrogen and oxygen atoms in total. The van der Waals surface area contributed by atoms with Crippen LogP contribution in [0.3, 0.4) is 0 Å². The van der Waals surface area contributed by atoms with Crippen LogP contribution >= 0.6 is 79.5 Å². The molecule has 17 heavy (non-hydrogen) atoms. The van der Waals surface area contributed by atoms with Crippen molar-refractivity contribution < 1.29 is 4.79 Å². The molecule has 1 amide bonds. The second kappa shape index (κ2) is 8.38. The third kappa shape index (κ3) is 5.78. The molecule has 0 saturated heterocycles. The van der Waals surface area contributed by atoms with Crippen LogP contribution in [0.4, 0.5) is 5.69 Å². The number of halogens is 3. The molecular formula is C10H11I3N2OS. The first kappa shape index (κ1) is 16.2. The molecule has 1 aromatic carbocycles. The molecule has 0 radical (unpaired) electrons. The number of carbonyl (C=O) groups is 1. The molecule has 7 heteroatoms. The van der Waals surface area contributed by atoms with Gasteiger partial charge in [0.15, 0.2) is 0 Å². The van der Waals surface area contributed by atoms with Crippen molar-refractivity contribution in [1.29, 1.82) is 0 Å². The minimum absolute atomic E-state index is 0.0282. The maximum Gasteiger partial charge on any atom is 0.234 e. The Morgan fingerprint density at radius 3 is 2.41 bits per heavy atom. The van der Waals surface area contributed by atoms with Crippen molar-refractivity contribution in [2.45, 2.75) is 0 Å². The molecular weight excluding hydrogens is 577 g/mol. The molecule has 0 atom stereocenters. The Kier molecular flexibility index (Phi) is 8.01. The zero-order chi connectivity index (χ0) is 12.8. The van der Waals surface area contributed by atoms with E-state index in [9.17, 15) is 4.79 Å². The predicted octanol–water partition coefficient (Wildman–Crippen LogP) is 3.13. The Hall–Kier alpha value is 1.19. The molecule has 1 rings (SSSR count). The molecule has 1 aromatic rings. The van der Waals surface area contributed by atoms with Crippen molar-refractivity contribution in [1.82, 2.24) is 0 Å². The number of anilines is 1. The van der Waals surface area contributed by atoms with E-state index in [1.165, 1.54) is 3.57 Å². The van der Waals surface area contributed by atoms with Crippen LogP contribution in [-0.2, 0) is 4.79 Å². The van der Waals surface area contributed by atoms with Gasteiger partial charge in [0.2, 0.25) is 5.91 Å². The molecule has 0 spiro atoms. The summed E-state index contributed by atoms with van der Waals surface area (Å²) in [6.45, 7) is 0.608. The standard InChI is InChI=1S/C10H11I3N2OS/c11-6-3-7(12)10(8(13)4-6)15-9(16)5-17-2-1-14/h3-4H,1-2,5,14H2,(H,15,16). The molecule has 0 aliphatic rings. The lowest BCUT2D eigenvalue weighted by Crippen LogP contribution is -2.17. The summed E-state index contributed by atoms with van der Waals surface area (Å²) in [5.74, 6) is 1.30. The molecule has 0 heterocycles. The van der Waals surface area contributed by atoms with Gasteiger partial charge < -0.3 is 11.1 Å². The third-order valence-electron chi connectivity index (χ3n) is 1.77. The first-order valence-corrected chi connectivity index (χ1v) is 9.16. The molecule has 3 N–H and O–H groups in total. The van der Waals surface area contributed by atoms with Crippen molar-refractivity contribution in [3.63, 3.8) is 0 Å². The SMILES string of the molecule is NCCSCC(=O)Nc1c(I)cc(I)cc1I. The number of nitrogens with one attached hydrogen (secondary N) is 1. The number of hydrogen-bond acceptors (Lipinski definition) is 3. The minimum atomic E-state index is 0.0282. The van der Waals surface area contributed by atoms with Crippen molar-refractivity contribution in [2.24, 2.45) is 5.73 Å². The molecule has 94 valence electrons. The van der Waals surface area contributed by atoms with Crippen molar-refractivity contribution in [3.05, 3.63) is 22.8 Å². The fourth-order valence-electron chi connectivity index (χ4n) is 1.09. The van der Waals surface area contributed by atoms with Crippen LogP contribution in [0.1, 0.15) is 0 Å². The lowest BCUT2D eigenvalue weighted by atomic mass is 10.3. The van der Waals surface area contributed by atoms with Crippen molar-refractivity contribution >= 4 is 91.1 Å². The second-order valence-corrected chi connectivity index (χ2v) is 7.81. The van der Waals surface area contributed by atoms with Gasteiger partial charge in [-0.2, -0.15) is 11.8 Å². The van der Waals surface area contributed by atoms with Crippen LogP contribution in [0.5, 0.6) is 0 Å². The normalized spacial score (nSPS) is 10.4. The largest absolute Gasteiger partial charge is 0.330 e. The number of amides is 1. The fraction of sp³-hybridized carbons (Fsp3) is 0.300. The highest BCUT2D eigenvalue weighted by atomic mass is 127. The Morgan fingerprint density at radius 1 is 1.29 bits per heavy atom. The molecule has 0 aliphatic heterocycles. The Balaban J connectivity index is 2.65. The Bertz CT molecular complexity index is 392. The highest BCUT2D eigenvalue weighted by Gasteiger charge is 2.10. The van der Waals surface area contributed by atoms with Gasteiger partial charge in [0.05, 0.1) is 11.4 Å². The van der Waals surface area contributed by atoms with Gasteiger partial charge in [-0.05, 0) is 79.9 Å². The summed E-state index contributed by atoms with van der Waals surface area (Å²) in [7, 11) is 0. The van der Waals surface area contributed by atoms with Crippen molar-refractivity contribution in [2.75, 3.05) is 23.4 Å². The van der Waals surface area contributed by atoms with Crippen LogP contribution in [-0.4, -0.2) is 24.0 Å². The number of carbonyl (C=O) groups excluding carboxylic acids is 1. The minimum Gasteiger partial charge on any atom is -0.330 e.